The molecule has 0 aromatic carbocycles. The van der Waals surface area contributed by atoms with E-state index in [-0.39, 0.29) is 0 Å². The summed E-state index contributed by atoms with van der Waals surface area (Å²) in [6, 6.07) is 6.21. The summed E-state index contributed by atoms with van der Waals surface area (Å²) in [6.07, 6.45) is 6.83. The average molecular weight is 239 g/mol. The molecule has 88 valence electrons. The minimum atomic E-state index is 0.492. The smallest absolute Gasteiger partial charge is 0.131 e. The van der Waals surface area contributed by atoms with E-state index in [1.165, 1.54) is 32.1 Å². The Morgan fingerprint density at radius 2 is 2.06 bits per heavy atom. The summed E-state index contributed by atoms with van der Waals surface area (Å²) in [5.41, 5.74) is 0. The molecule has 1 fully saturated rings. The molecule has 1 unspecified atom stereocenters. The van der Waals surface area contributed by atoms with Crippen molar-refractivity contribution in [2.75, 3.05) is 5.32 Å². The van der Waals surface area contributed by atoms with Crippen molar-refractivity contribution in [1.29, 1.82) is 0 Å². The van der Waals surface area contributed by atoms with Crippen molar-refractivity contribution in [2.24, 2.45) is 5.92 Å². The van der Waals surface area contributed by atoms with Crippen LogP contribution < -0.4 is 5.32 Å². The maximum Gasteiger partial charge on any atom is 0.131 e. The molecule has 1 aliphatic rings. The van der Waals surface area contributed by atoms with Gasteiger partial charge in [0.1, 0.15) is 11.0 Å². The number of nitrogens with one attached hydrogen (secondary N) is 1. The van der Waals surface area contributed by atoms with E-state index in [0.29, 0.717) is 11.2 Å². The molecule has 1 N–H and O–H groups in total. The number of hydrogen-bond donors (Lipinski definition) is 1. The van der Waals surface area contributed by atoms with Gasteiger partial charge >= 0.3 is 0 Å². The normalized spacial score (nSPS) is 19.4. The van der Waals surface area contributed by atoms with E-state index < -0.39 is 0 Å². The third-order valence-electron chi connectivity index (χ3n) is 3.45. The van der Waals surface area contributed by atoms with Gasteiger partial charge in [0.2, 0.25) is 0 Å². The molecule has 2 nitrogen and oxygen atoms in total. The first-order chi connectivity index (χ1) is 7.75. The molecule has 0 saturated heterocycles. The molecule has 0 aliphatic heterocycles. The van der Waals surface area contributed by atoms with Crippen LogP contribution in [0.1, 0.15) is 39.0 Å². The highest BCUT2D eigenvalue weighted by molar-refractivity contribution is 6.29. The van der Waals surface area contributed by atoms with Crippen LogP contribution in [0.2, 0.25) is 5.15 Å². The summed E-state index contributed by atoms with van der Waals surface area (Å²) in [6.45, 7) is 2.25. The lowest BCUT2D eigenvalue weighted by Crippen LogP contribution is -2.28. The summed E-state index contributed by atoms with van der Waals surface area (Å²) in [4.78, 5) is 4.26. The van der Waals surface area contributed by atoms with Crippen LogP contribution in [0.5, 0.6) is 0 Å². The molecule has 0 amide bonds. The maximum absolute atomic E-state index is 5.86. The topological polar surface area (TPSA) is 24.9 Å². The van der Waals surface area contributed by atoms with Crippen molar-refractivity contribution in [1.82, 2.24) is 4.98 Å². The molecule has 1 aromatic rings. The Morgan fingerprint density at radius 3 is 2.75 bits per heavy atom. The van der Waals surface area contributed by atoms with E-state index in [1.807, 2.05) is 12.1 Å². The van der Waals surface area contributed by atoms with Crippen LogP contribution in [0.25, 0.3) is 0 Å². The Hall–Kier alpha value is -0.760. The Morgan fingerprint density at radius 1 is 1.31 bits per heavy atom. The second-order valence-corrected chi connectivity index (χ2v) is 5.06. The van der Waals surface area contributed by atoms with E-state index >= 15 is 0 Å². The average Bonchev–Trinajstić information content (AvgIpc) is 2.30. The summed E-state index contributed by atoms with van der Waals surface area (Å²) in [5, 5.41) is 4.01. The lowest BCUT2D eigenvalue weighted by molar-refractivity contribution is 0.328. The first kappa shape index (κ1) is 11.7. The second-order valence-electron chi connectivity index (χ2n) is 4.68. The van der Waals surface area contributed by atoms with Gasteiger partial charge in [0.05, 0.1) is 0 Å². The van der Waals surface area contributed by atoms with Crippen molar-refractivity contribution in [3.63, 3.8) is 0 Å². The largest absolute Gasteiger partial charge is 0.367 e. The van der Waals surface area contributed by atoms with E-state index in [0.717, 1.165) is 11.7 Å². The third kappa shape index (κ3) is 3.11. The Labute approximate surface area is 102 Å². The van der Waals surface area contributed by atoms with Gasteiger partial charge in [-0.3, -0.25) is 0 Å². The lowest BCUT2D eigenvalue weighted by Gasteiger charge is -2.28. The van der Waals surface area contributed by atoms with Gasteiger partial charge in [-0.05, 0) is 37.8 Å². The van der Waals surface area contributed by atoms with Gasteiger partial charge in [0.15, 0.2) is 0 Å². The van der Waals surface area contributed by atoms with Crippen molar-refractivity contribution in [2.45, 2.75) is 45.1 Å². The Balaban J connectivity index is 1.93. The van der Waals surface area contributed by atoms with Gasteiger partial charge in [0.25, 0.3) is 0 Å². The zero-order chi connectivity index (χ0) is 11.4. The van der Waals surface area contributed by atoms with Crippen molar-refractivity contribution >= 4 is 17.4 Å². The van der Waals surface area contributed by atoms with Crippen LogP contribution in [-0.4, -0.2) is 11.0 Å². The van der Waals surface area contributed by atoms with Crippen LogP contribution in [-0.2, 0) is 0 Å². The molecule has 1 atom stereocenters. The number of hydrogen-bond acceptors (Lipinski definition) is 2. The van der Waals surface area contributed by atoms with E-state index in [2.05, 4.69) is 17.2 Å². The predicted molar refractivity (Wildman–Crippen MR) is 68.9 cm³/mol. The summed E-state index contributed by atoms with van der Waals surface area (Å²) in [7, 11) is 0. The number of pyridine rings is 1. The standard InChI is InChI=1S/C13H19ClN2/c1-10(11-6-3-2-4-7-11)15-13-9-5-8-12(14)16-13/h5,8-11H,2-4,6-7H2,1H3,(H,15,16). The molecule has 3 heteroatoms. The molecular formula is C13H19ClN2. The lowest BCUT2D eigenvalue weighted by atomic mass is 9.84. The molecule has 1 aliphatic carbocycles. The fraction of sp³-hybridized carbons (Fsp3) is 0.615. The van der Waals surface area contributed by atoms with E-state index in [9.17, 15) is 0 Å². The zero-order valence-electron chi connectivity index (χ0n) is 9.75. The quantitative estimate of drug-likeness (QED) is 0.802. The van der Waals surface area contributed by atoms with Gasteiger partial charge in [-0.2, -0.15) is 0 Å². The van der Waals surface area contributed by atoms with E-state index in [1.54, 1.807) is 6.07 Å². The highest BCUT2D eigenvalue weighted by Gasteiger charge is 2.19. The Kier molecular flexibility index (Phi) is 4.05. The predicted octanol–water partition coefficient (Wildman–Crippen LogP) is 4.12. The number of aromatic nitrogens is 1. The van der Waals surface area contributed by atoms with Crippen LogP contribution in [0.4, 0.5) is 5.82 Å². The first-order valence-electron chi connectivity index (χ1n) is 6.15. The van der Waals surface area contributed by atoms with Gasteiger partial charge in [0, 0.05) is 6.04 Å². The molecule has 1 heterocycles. The highest BCUT2D eigenvalue weighted by atomic mass is 35.5. The molecule has 16 heavy (non-hydrogen) atoms. The van der Waals surface area contributed by atoms with Gasteiger partial charge in [-0.15, -0.1) is 0 Å². The monoisotopic (exact) mass is 238 g/mol. The molecule has 1 aromatic heterocycles. The highest BCUT2D eigenvalue weighted by Crippen LogP contribution is 2.27. The number of anilines is 1. The van der Waals surface area contributed by atoms with Crippen LogP contribution >= 0.6 is 11.6 Å². The number of halogens is 1. The SMILES string of the molecule is CC(Nc1cccc(Cl)n1)C1CCCCC1. The van der Waals surface area contributed by atoms with Crippen LogP contribution in [0.15, 0.2) is 18.2 Å². The minimum Gasteiger partial charge on any atom is -0.367 e. The first-order valence-corrected chi connectivity index (χ1v) is 6.52. The Bertz CT molecular complexity index is 334. The molecule has 0 spiro atoms. The molecule has 2 rings (SSSR count). The minimum absolute atomic E-state index is 0.492. The van der Waals surface area contributed by atoms with Crippen LogP contribution in [0, 0.1) is 5.92 Å². The van der Waals surface area contributed by atoms with Crippen LogP contribution in [0.3, 0.4) is 0 Å². The summed E-state index contributed by atoms with van der Waals surface area (Å²) >= 11 is 5.86. The van der Waals surface area contributed by atoms with Gasteiger partial charge < -0.3 is 5.32 Å². The zero-order valence-corrected chi connectivity index (χ0v) is 10.5. The molecule has 0 bridgehead atoms. The fourth-order valence-electron chi connectivity index (χ4n) is 2.47. The molecular weight excluding hydrogens is 220 g/mol. The van der Waals surface area contributed by atoms with Crippen molar-refractivity contribution in [3.05, 3.63) is 23.4 Å². The fourth-order valence-corrected chi connectivity index (χ4v) is 2.64. The third-order valence-corrected chi connectivity index (χ3v) is 3.66. The van der Waals surface area contributed by atoms with Gasteiger partial charge in [-0.25, -0.2) is 4.98 Å². The van der Waals surface area contributed by atoms with Crippen molar-refractivity contribution < 1.29 is 0 Å². The summed E-state index contributed by atoms with van der Waals surface area (Å²) < 4.78 is 0. The second kappa shape index (κ2) is 5.53. The van der Waals surface area contributed by atoms with E-state index in [4.69, 9.17) is 11.6 Å². The maximum atomic E-state index is 5.86. The number of rotatable bonds is 3. The van der Waals surface area contributed by atoms with Crippen molar-refractivity contribution in [3.8, 4) is 0 Å². The number of nitrogens with zero attached hydrogens (tertiary/aromatic N) is 1. The molecule has 1 saturated carbocycles. The summed E-state index contributed by atoms with van der Waals surface area (Å²) in [5.74, 6) is 1.68. The molecule has 0 radical (unpaired) electrons. The van der Waals surface area contributed by atoms with Gasteiger partial charge in [-0.1, -0.05) is 36.9 Å².